The van der Waals surface area contributed by atoms with Crippen molar-refractivity contribution in [2.24, 2.45) is 4.99 Å². The molecule has 0 atom stereocenters. The molecular formula is C26H27N5O3. The number of benzene rings is 2. The average molecular weight is 458 g/mol. The van der Waals surface area contributed by atoms with Gasteiger partial charge in [0.1, 0.15) is 0 Å². The largest absolute Gasteiger partial charge is 0.494 e. The second-order valence-electron chi connectivity index (χ2n) is 8.71. The maximum absolute atomic E-state index is 12.8. The maximum atomic E-state index is 12.8. The zero-order chi connectivity index (χ0) is 23.7. The molecule has 5 rings (SSSR count). The fourth-order valence-electron chi connectivity index (χ4n) is 4.48. The third-order valence-electron chi connectivity index (χ3n) is 6.41. The lowest BCUT2D eigenvalue weighted by atomic mass is 9.99. The van der Waals surface area contributed by atoms with E-state index >= 15 is 0 Å². The molecule has 2 aliphatic rings. The van der Waals surface area contributed by atoms with Crippen molar-refractivity contribution in [3.8, 4) is 17.1 Å². The zero-order valence-corrected chi connectivity index (χ0v) is 19.0. The molecular weight excluding hydrogens is 430 g/mol. The van der Waals surface area contributed by atoms with Crippen LogP contribution in [0.1, 0.15) is 31.8 Å². The molecule has 1 aromatic heterocycles. The molecule has 1 fully saturated rings. The van der Waals surface area contributed by atoms with Crippen LogP contribution in [0.5, 0.6) is 5.88 Å². The first-order valence-corrected chi connectivity index (χ1v) is 11.4. The molecule has 3 N–H and O–H groups in total. The zero-order valence-electron chi connectivity index (χ0n) is 19.0. The highest BCUT2D eigenvalue weighted by molar-refractivity contribution is 6.30. The number of carbonyl (C=O) groups excluding carboxylic acids is 2. The van der Waals surface area contributed by atoms with E-state index in [4.69, 9.17) is 0 Å². The Hall–Kier alpha value is -3.75. The maximum Gasteiger partial charge on any atom is 0.280 e. The van der Waals surface area contributed by atoms with Gasteiger partial charge in [-0.15, -0.1) is 0 Å². The first-order valence-electron chi connectivity index (χ1n) is 11.4. The van der Waals surface area contributed by atoms with Crippen molar-refractivity contribution in [1.29, 1.82) is 0 Å². The smallest absolute Gasteiger partial charge is 0.280 e. The number of amides is 2. The lowest BCUT2D eigenvalue weighted by molar-refractivity contribution is 0.0940. The van der Waals surface area contributed by atoms with Crippen LogP contribution in [0.15, 0.2) is 59.6 Å². The summed E-state index contributed by atoms with van der Waals surface area (Å²) in [6.45, 7) is 5.47. The quantitative estimate of drug-likeness (QED) is 0.528. The van der Waals surface area contributed by atoms with Crippen molar-refractivity contribution >= 4 is 17.5 Å². The Balaban J connectivity index is 1.33. The van der Waals surface area contributed by atoms with E-state index in [0.717, 1.165) is 38.3 Å². The predicted molar refractivity (Wildman–Crippen MR) is 131 cm³/mol. The number of hydrogen-bond donors (Lipinski definition) is 3. The van der Waals surface area contributed by atoms with Gasteiger partial charge < -0.3 is 20.3 Å². The summed E-state index contributed by atoms with van der Waals surface area (Å²) in [7, 11) is 2.12. The molecule has 0 unspecified atom stereocenters. The summed E-state index contributed by atoms with van der Waals surface area (Å²) < 4.78 is 0. The molecule has 1 saturated heterocycles. The van der Waals surface area contributed by atoms with E-state index in [1.165, 1.54) is 0 Å². The Labute approximate surface area is 197 Å². The van der Waals surface area contributed by atoms with E-state index < -0.39 is 5.91 Å². The highest BCUT2D eigenvalue weighted by Gasteiger charge is 2.33. The molecule has 2 aromatic carbocycles. The molecule has 2 aliphatic heterocycles. The van der Waals surface area contributed by atoms with E-state index in [0.29, 0.717) is 40.2 Å². The molecule has 0 spiro atoms. The van der Waals surface area contributed by atoms with Crippen LogP contribution in [-0.2, 0) is 0 Å². The Morgan fingerprint density at radius 1 is 1.03 bits per heavy atom. The number of hydrogen-bond acceptors (Lipinski definition) is 5. The van der Waals surface area contributed by atoms with Gasteiger partial charge in [-0.1, -0.05) is 42.5 Å². The minimum Gasteiger partial charge on any atom is -0.494 e. The van der Waals surface area contributed by atoms with Gasteiger partial charge in [-0.2, -0.15) is 0 Å². The van der Waals surface area contributed by atoms with Crippen LogP contribution in [0.2, 0.25) is 0 Å². The second-order valence-corrected chi connectivity index (χ2v) is 8.71. The number of aliphatic imine (C=N–C) groups is 1. The summed E-state index contributed by atoms with van der Waals surface area (Å²) >= 11 is 0. The van der Waals surface area contributed by atoms with Gasteiger partial charge in [0.25, 0.3) is 11.8 Å². The minimum absolute atomic E-state index is 0.111. The highest BCUT2D eigenvalue weighted by atomic mass is 16.3. The molecule has 0 radical (unpaired) electrons. The van der Waals surface area contributed by atoms with Crippen molar-refractivity contribution in [3.05, 3.63) is 76.9 Å². The van der Waals surface area contributed by atoms with Gasteiger partial charge in [-0.25, -0.2) is 4.99 Å². The summed E-state index contributed by atoms with van der Waals surface area (Å²) in [6.07, 6.45) is 0. The molecule has 0 aliphatic carbocycles. The number of nitrogens with one attached hydrogen (secondary N) is 2. The van der Waals surface area contributed by atoms with Crippen molar-refractivity contribution in [2.45, 2.75) is 0 Å². The van der Waals surface area contributed by atoms with Crippen LogP contribution in [-0.4, -0.2) is 83.7 Å². The van der Waals surface area contributed by atoms with Gasteiger partial charge in [0.15, 0.2) is 5.88 Å². The van der Waals surface area contributed by atoms with Crippen LogP contribution in [0, 0.1) is 0 Å². The number of fused-ring (bicyclic) bond motifs is 1. The molecule has 8 heteroatoms. The van der Waals surface area contributed by atoms with Gasteiger partial charge in [0.05, 0.1) is 22.5 Å². The lowest BCUT2D eigenvalue weighted by Gasteiger charge is -2.32. The number of nitrogens with zero attached hydrogens (tertiary/aromatic N) is 3. The summed E-state index contributed by atoms with van der Waals surface area (Å²) in [4.78, 5) is 37.3. The number of likely N-dealkylation sites (N-methyl/N-ethyl adjacent to an activating group) is 1. The van der Waals surface area contributed by atoms with Crippen molar-refractivity contribution in [3.63, 3.8) is 0 Å². The number of rotatable bonds is 6. The van der Waals surface area contributed by atoms with Gasteiger partial charge in [-0.05, 0) is 24.7 Å². The normalized spacial score (nSPS) is 16.4. The van der Waals surface area contributed by atoms with Crippen LogP contribution in [0.3, 0.4) is 0 Å². The van der Waals surface area contributed by atoms with Gasteiger partial charge in [-0.3, -0.25) is 14.5 Å². The number of aromatic hydroxyl groups is 1. The summed E-state index contributed by atoms with van der Waals surface area (Å²) in [6, 6.07) is 16.3. The third-order valence-corrected chi connectivity index (χ3v) is 6.41. The molecule has 174 valence electrons. The number of H-pyrrole nitrogens is 1. The van der Waals surface area contributed by atoms with Crippen molar-refractivity contribution in [2.75, 3.05) is 46.3 Å². The van der Waals surface area contributed by atoms with Crippen LogP contribution in [0.25, 0.3) is 11.3 Å². The van der Waals surface area contributed by atoms with E-state index in [1.54, 1.807) is 24.3 Å². The summed E-state index contributed by atoms with van der Waals surface area (Å²) in [5.74, 6) is -0.695. The van der Waals surface area contributed by atoms with Crippen LogP contribution in [0.4, 0.5) is 0 Å². The predicted octanol–water partition coefficient (Wildman–Crippen LogP) is 2.36. The van der Waals surface area contributed by atoms with Gasteiger partial charge in [0, 0.05) is 50.4 Å². The van der Waals surface area contributed by atoms with E-state index in [9.17, 15) is 14.7 Å². The van der Waals surface area contributed by atoms with E-state index in [-0.39, 0.29) is 11.8 Å². The van der Waals surface area contributed by atoms with E-state index in [1.807, 2.05) is 30.3 Å². The average Bonchev–Trinajstić information content (AvgIpc) is 3.39. The van der Waals surface area contributed by atoms with Crippen LogP contribution >= 0.6 is 0 Å². The highest BCUT2D eigenvalue weighted by Crippen LogP contribution is 2.38. The Bertz CT molecular complexity index is 1260. The molecule has 3 heterocycles. The third kappa shape index (κ3) is 4.25. The van der Waals surface area contributed by atoms with Gasteiger partial charge >= 0.3 is 0 Å². The van der Waals surface area contributed by atoms with Crippen molar-refractivity contribution < 1.29 is 14.7 Å². The second kappa shape index (κ2) is 9.24. The minimum atomic E-state index is -0.414. The summed E-state index contributed by atoms with van der Waals surface area (Å²) in [5.41, 5.74) is 3.51. The summed E-state index contributed by atoms with van der Waals surface area (Å²) in [5, 5.41) is 13.6. The molecule has 34 heavy (non-hydrogen) atoms. The number of carbonyl (C=O) groups is 2. The number of aromatic amines is 1. The SMILES string of the molecule is CN1CCN(CCNC(=O)c2cccc(-c3[nH]c(O)c4c3C(=O)N=C4c3ccccc3)c2)CC1. The Morgan fingerprint density at radius 3 is 2.53 bits per heavy atom. The van der Waals surface area contributed by atoms with Crippen molar-refractivity contribution in [1.82, 2.24) is 20.1 Å². The fourth-order valence-corrected chi connectivity index (χ4v) is 4.48. The molecule has 8 nitrogen and oxygen atoms in total. The van der Waals surface area contributed by atoms with E-state index in [2.05, 4.69) is 32.1 Å². The molecule has 2 amide bonds. The van der Waals surface area contributed by atoms with Crippen LogP contribution < -0.4 is 5.32 Å². The first-order chi connectivity index (χ1) is 16.5. The number of aromatic nitrogens is 1. The monoisotopic (exact) mass is 457 g/mol. The molecule has 3 aromatic rings. The standard InChI is InChI=1S/C26H27N5O3/c1-30-12-14-31(15-13-30)11-10-27-24(32)19-9-5-8-18(16-19)23-21-20(25(33)29-23)22(28-26(21)34)17-6-3-2-4-7-17/h2-9,16,29,33H,10-15H2,1H3,(H,27,32). The Kier molecular flexibility index (Phi) is 6.00. The Morgan fingerprint density at radius 2 is 1.76 bits per heavy atom. The molecule has 0 saturated carbocycles. The number of piperazine rings is 1. The van der Waals surface area contributed by atoms with Gasteiger partial charge in [0.2, 0.25) is 0 Å². The first kappa shape index (κ1) is 22.1. The fraction of sp³-hybridized carbons (Fsp3) is 0.269. The topological polar surface area (TPSA) is 101 Å². The lowest BCUT2D eigenvalue weighted by Crippen LogP contribution is -2.46. The molecule has 0 bridgehead atoms.